The molecule has 2 saturated heterocycles. The fraction of sp³-hybridized carbons (Fsp3) is 0.778. The Morgan fingerprint density at radius 3 is 1.53 bits per heavy atom. The van der Waals surface area contributed by atoms with Crippen LogP contribution in [0.4, 0.5) is 18.4 Å². The van der Waals surface area contributed by atoms with Crippen LogP contribution in [0.25, 0.3) is 0 Å². The monoisotopic (exact) mass is 438 g/mol. The molecule has 2 rings (SSSR count). The van der Waals surface area contributed by atoms with Crippen molar-refractivity contribution in [1.82, 2.24) is 9.80 Å². The van der Waals surface area contributed by atoms with Crippen molar-refractivity contribution in [2.75, 3.05) is 13.1 Å². The maximum absolute atomic E-state index is 13.8. The number of hydrogen-bond acceptors (Lipinski definition) is 5. The Morgan fingerprint density at radius 2 is 1.23 bits per heavy atom. The molecule has 0 radical (unpaired) electrons. The van der Waals surface area contributed by atoms with E-state index in [1.807, 2.05) is 0 Å². The standard InChI is InChI=1S/C11H18FNO4.C7H10FNO4/c1-10(2,3)17-9(16)13-6-11(4,12)5-7(13)8(14)15;1-7(8)2-4(5(10)11)9(3-7)6(12)13/h7H,5-6H2,1-4H3,(H,14,15);4H,2-3H2,1H3,(H,10,11)(H,12,13)/t7-,11+;4-,7+/m00/s1. The number of rotatable bonds is 2. The molecule has 10 nitrogen and oxygen atoms in total. The van der Waals surface area contributed by atoms with E-state index in [1.165, 1.54) is 13.8 Å². The molecule has 0 bridgehead atoms. The van der Waals surface area contributed by atoms with Crippen LogP contribution in [0.3, 0.4) is 0 Å². The highest BCUT2D eigenvalue weighted by Crippen LogP contribution is 2.32. The van der Waals surface area contributed by atoms with Crippen molar-refractivity contribution in [1.29, 1.82) is 0 Å². The van der Waals surface area contributed by atoms with Crippen LogP contribution in [0.1, 0.15) is 47.5 Å². The molecule has 0 aliphatic carbocycles. The van der Waals surface area contributed by atoms with Gasteiger partial charge in [0.1, 0.15) is 29.0 Å². The molecule has 0 aromatic heterocycles. The molecule has 0 aromatic rings. The number of aliphatic carboxylic acids is 2. The van der Waals surface area contributed by atoms with Gasteiger partial charge in [0.25, 0.3) is 0 Å². The van der Waals surface area contributed by atoms with Gasteiger partial charge in [-0.05, 0) is 34.6 Å². The van der Waals surface area contributed by atoms with Crippen LogP contribution in [-0.4, -0.2) is 91.4 Å². The molecule has 4 atom stereocenters. The van der Waals surface area contributed by atoms with Crippen LogP contribution in [0.15, 0.2) is 0 Å². The molecule has 172 valence electrons. The van der Waals surface area contributed by atoms with Gasteiger partial charge in [0, 0.05) is 12.8 Å². The Bertz CT molecular complexity index is 681. The third-order valence-corrected chi connectivity index (χ3v) is 4.43. The van der Waals surface area contributed by atoms with Gasteiger partial charge in [-0.25, -0.2) is 28.0 Å². The van der Waals surface area contributed by atoms with Gasteiger partial charge in [0.2, 0.25) is 0 Å². The second-order valence-electron chi connectivity index (χ2n) is 8.96. The lowest BCUT2D eigenvalue weighted by molar-refractivity contribution is -0.142. The van der Waals surface area contributed by atoms with Gasteiger partial charge in [-0.3, -0.25) is 9.80 Å². The molecular formula is C18H28F2N2O8. The SMILES string of the molecule is CC(C)(C)OC(=O)N1C[C@](C)(F)C[C@H]1C(=O)O.C[C@@]1(F)C[C@@H](C(=O)O)N(C(=O)O)C1. The average molecular weight is 438 g/mol. The Kier molecular flexibility index (Phi) is 7.28. The minimum absolute atomic E-state index is 0.207. The fourth-order valence-electron chi connectivity index (χ4n) is 3.24. The zero-order valence-electron chi connectivity index (χ0n) is 17.5. The molecule has 2 aliphatic rings. The predicted octanol–water partition coefficient (Wildman–Crippen LogP) is 2.36. The van der Waals surface area contributed by atoms with Gasteiger partial charge >= 0.3 is 24.1 Å². The van der Waals surface area contributed by atoms with Crippen LogP contribution in [0.5, 0.6) is 0 Å². The van der Waals surface area contributed by atoms with E-state index in [0.717, 1.165) is 4.90 Å². The van der Waals surface area contributed by atoms with E-state index in [-0.39, 0.29) is 25.9 Å². The number of hydrogen-bond donors (Lipinski definition) is 3. The molecule has 0 unspecified atom stereocenters. The van der Waals surface area contributed by atoms with E-state index in [9.17, 15) is 28.0 Å². The lowest BCUT2D eigenvalue weighted by atomic mass is 10.1. The summed E-state index contributed by atoms with van der Waals surface area (Å²) in [6.45, 7) is 6.87. The van der Waals surface area contributed by atoms with Crippen molar-refractivity contribution in [3.8, 4) is 0 Å². The number of amides is 2. The van der Waals surface area contributed by atoms with Crippen LogP contribution in [0, 0.1) is 0 Å². The maximum Gasteiger partial charge on any atom is 0.411 e. The Hall–Kier alpha value is -2.66. The summed E-state index contributed by atoms with van der Waals surface area (Å²) in [7, 11) is 0. The molecule has 2 heterocycles. The second kappa shape index (κ2) is 8.60. The number of carbonyl (C=O) groups excluding carboxylic acids is 1. The molecule has 30 heavy (non-hydrogen) atoms. The number of ether oxygens (including phenoxy) is 1. The summed E-state index contributed by atoms with van der Waals surface area (Å²) in [6, 6.07) is -2.41. The van der Waals surface area contributed by atoms with Crippen molar-refractivity contribution in [3.05, 3.63) is 0 Å². The van der Waals surface area contributed by atoms with Crippen LogP contribution in [0.2, 0.25) is 0 Å². The van der Waals surface area contributed by atoms with E-state index < -0.39 is 53.1 Å². The summed E-state index contributed by atoms with van der Waals surface area (Å²) in [5.41, 5.74) is -4.14. The highest BCUT2D eigenvalue weighted by Gasteiger charge is 2.48. The van der Waals surface area contributed by atoms with E-state index in [4.69, 9.17) is 20.1 Å². The number of halogens is 2. The van der Waals surface area contributed by atoms with Gasteiger partial charge in [-0.15, -0.1) is 0 Å². The van der Waals surface area contributed by atoms with Gasteiger partial charge in [-0.1, -0.05) is 0 Å². The first kappa shape index (κ1) is 25.4. The van der Waals surface area contributed by atoms with E-state index in [0.29, 0.717) is 4.90 Å². The first-order valence-corrected chi connectivity index (χ1v) is 9.18. The Morgan fingerprint density at radius 1 is 0.867 bits per heavy atom. The molecule has 0 spiro atoms. The van der Waals surface area contributed by atoms with Crippen LogP contribution < -0.4 is 0 Å². The van der Waals surface area contributed by atoms with Gasteiger partial charge in [-0.2, -0.15) is 0 Å². The Labute approximate surface area is 172 Å². The normalized spacial score (nSPS) is 31.0. The number of nitrogens with zero attached hydrogens (tertiary/aromatic N) is 2. The highest BCUT2D eigenvalue weighted by atomic mass is 19.1. The largest absolute Gasteiger partial charge is 0.480 e. The average Bonchev–Trinajstić information content (AvgIpc) is 3.03. The van der Waals surface area contributed by atoms with Crippen LogP contribution >= 0.6 is 0 Å². The van der Waals surface area contributed by atoms with E-state index in [2.05, 4.69) is 0 Å². The molecule has 0 saturated carbocycles. The Balaban J connectivity index is 0.000000311. The number of alkyl halides is 2. The molecule has 12 heteroatoms. The number of likely N-dealkylation sites (tertiary alicyclic amines) is 2. The van der Waals surface area contributed by atoms with Crippen LogP contribution in [-0.2, 0) is 14.3 Å². The lowest BCUT2D eigenvalue weighted by Crippen LogP contribution is -2.43. The van der Waals surface area contributed by atoms with Crippen molar-refractivity contribution in [3.63, 3.8) is 0 Å². The third-order valence-electron chi connectivity index (χ3n) is 4.43. The van der Waals surface area contributed by atoms with Gasteiger partial charge in [0.05, 0.1) is 13.1 Å². The smallest absolute Gasteiger partial charge is 0.411 e. The van der Waals surface area contributed by atoms with Gasteiger partial charge in [0.15, 0.2) is 0 Å². The summed E-state index contributed by atoms with van der Waals surface area (Å²) in [5.74, 6) is -2.51. The summed E-state index contributed by atoms with van der Waals surface area (Å²) in [6.07, 6.45) is -2.67. The first-order valence-electron chi connectivity index (χ1n) is 9.18. The van der Waals surface area contributed by atoms with E-state index in [1.54, 1.807) is 20.8 Å². The third kappa shape index (κ3) is 6.99. The van der Waals surface area contributed by atoms with Gasteiger partial charge < -0.3 is 20.1 Å². The summed E-state index contributed by atoms with van der Waals surface area (Å²) >= 11 is 0. The quantitative estimate of drug-likeness (QED) is 0.596. The molecule has 2 amide bonds. The van der Waals surface area contributed by atoms with E-state index >= 15 is 0 Å². The number of carbonyl (C=O) groups is 4. The van der Waals surface area contributed by atoms with Crippen molar-refractivity contribution < 1.29 is 48.0 Å². The predicted molar refractivity (Wildman–Crippen MR) is 98.8 cm³/mol. The molecule has 2 fully saturated rings. The molecule has 0 aromatic carbocycles. The van der Waals surface area contributed by atoms with Crippen molar-refractivity contribution >= 4 is 24.1 Å². The zero-order valence-corrected chi connectivity index (χ0v) is 17.5. The highest BCUT2D eigenvalue weighted by molar-refractivity contribution is 5.81. The first-order chi connectivity index (χ1) is 13.4. The number of carboxylic acid groups (broad SMARTS) is 3. The second-order valence-corrected chi connectivity index (χ2v) is 8.96. The molecular weight excluding hydrogens is 410 g/mol. The lowest BCUT2D eigenvalue weighted by Gasteiger charge is -2.26. The molecule has 2 aliphatic heterocycles. The fourth-order valence-corrected chi connectivity index (χ4v) is 3.24. The number of carboxylic acids is 2. The van der Waals surface area contributed by atoms with Crippen molar-refractivity contribution in [2.24, 2.45) is 0 Å². The zero-order chi connectivity index (χ0) is 23.7. The summed E-state index contributed by atoms with van der Waals surface area (Å²) in [4.78, 5) is 45.3. The minimum atomic E-state index is -1.73. The molecule has 3 N–H and O–H groups in total. The maximum atomic E-state index is 13.8. The minimum Gasteiger partial charge on any atom is -0.480 e. The topological polar surface area (TPSA) is 145 Å². The summed E-state index contributed by atoms with van der Waals surface area (Å²) in [5, 5.41) is 26.1. The van der Waals surface area contributed by atoms with Crippen molar-refractivity contribution in [2.45, 2.75) is 76.5 Å². The summed E-state index contributed by atoms with van der Waals surface area (Å²) < 4.78 is 32.1.